The molecule has 0 bridgehead atoms. The van der Waals surface area contributed by atoms with E-state index >= 15 is 0 Å². The normalized spacial score (nSPS) is 19.2. The summed E-state index contributed by atoms with van der Waals surface area (Å²) in [6, 6.07) is 3.36. The van der Waals surface area contributed by atoms with Crippen LogP contribution in [0.5, 0.6) is 0 Å². The molecule has 0 spiro atoms. The fraction of sp³-hybridized carbons (Fsp3) is 0.556. The number of rotatable bonds is 2. The monoisotopic (exact) mass is 367 g/mol. The highest BCUT2D eigenvalue weighted by Gasteiger charge is 2.15. The maximum Gasteiger partial charge on any atom is 0.232 e. The van der Waals surface area contributed by atoms with Crippen molar-refractivity contribution in [2.75, 3.05) is 66.1 Å². The van der Waals surface area contributed by atoms with E-state index in [9.17, 15) is 4.79 Å². The average molecular weight is 367 g/mol. The van der Waals surface area contributed by atoms with Gasteiger partial charge in [-0.25, -0.2) is 0 Å². The number of ketones is 1. The van der Waals surface area contributed by atoms with Crippen LogP contribution in [0.15, 0.2) is 36.5 Å². The first kappa shape index (κ1) is 20.3. The summed E-state index contributed by atoms with van der Waals surface area (Å²) >= 11 is 0. The number of allylic oxidation sites excluding steroid dienone is 1. The zero-order valence-corrected chi connectivity index (χ0v) is 14.8. The number of hydrogen-bond donors (Lipinski definition) is 0. The molecule has 0 aliphatic carbocycles. The number of carbonyl (C=O) groups excluding carboxylic acids is 1. The third-order valence-corrected chi connectivity index (χ3v) is 3.28. The van der Waals surface area contributed by atoms with E-state index in [4.69, 9.17) is 28.4 Å². The van der Waals surface area contributed by atoms with Gasteiger partial charge in [0.25, 0.3) is 0 Å². The molecule has 0 unspecified atom stereocenters. The number of nitrogens with zero attached hydrogens (tertiary/aromatic N) is 1. The number of aromatic nitrogens is 1. The lowest BCUT2D eigenvalue weighted by atomic mass is 10.2. The summed E-state index contributed by atoms with van der Waals surface area (Å²) in [6.45, 7) is 4.14. The highest BCUT2D eigenvalue weighted by Crippen LogP contribution is 2.09. The van der Waals surface area contributed by atoms with Gasteiger partial charge in [0, 0.05) is 18.0 Å². The predicted molar refractivity (Wildman–Crippen MR) is 91.8 cm³/mol. The minimum absolute atomic E-state index is 0.0994. The molecule has 26 heavy (non-hydrogen) atoms. The second-order valence-corrected chi connectivity index (χ2v) is 5.22. The Hall–Kier alpha value is -2.00. The van der Waals surface area contributed by atoms with Gasteiger partial charge in [0.05, 0.1) is 52.9 Å². The lowest BCUT2D eigenvalue weighted by Gasteiger charge is -2.12. The summed E-state index contributed by atoms with van der Waals surface area (Å²) < 4.78 is 32.4. The summed E-state index contributed by atoms with van der Waals surface area (Å²) in [5.41, 5.74) is 0.423. The van der Waals surface area contributed by atoms with Gasteiger partial charge in [-0.15, -0.1) is 0 Å². The minimum Gasteiger partial charge on any atom is -0.495 e. The standard InChI is InChI=1S/C18H25NO7/c20-18(16-2-1-3-19-14-16)17-15-25-11-10-23-7-6-21-4-5-22-8-9-24-12-13-26-17/h1-3,14-15H,4-13H2. The highest BCUT2D eigenvalue weighted by molar-refractivity contribution is 6.06. The van der Waals surface area contributed by atoms with Gasteiger partial charge in [-0.05, 0) is 12.1 Å². The molecule has 2 rings (SSSR count). The molecule has 8 heteroatoms. The molecule has 8 nitrogen and oxygen atoms in total. The summed E-state index contributed by atoms with van der Waals surface area (Å²) in [5, 5.41) is 0. The van der Waals surface area contributed by atoms with Crippen molar-refractivity contribution in [2.45, 2.75) is 0 Å². The highest BCUT2D eigenvalue weighted by atomic mass is 16.6. The van der Waals surface area contributed by atoms with E-state index in [0.717, 1.165) is 0 Å². The molecular weight excluding hydrogens is 342 g/mol. The molecule has 1 aromatic rings. The van der Waals surface area contributed by atoms with Crippen molar-refractivity contribution in [1.29, 1.82) is 0 Å². The van der Waals surface area contributed by atoms with E-state index in [1.54, 1.807) is 18.3 Å². The Morgan fingerprint density at radius 3 is 1.96 bits per heavy atom. The number of carbonyl (C=O) groups is 1. The first-order valence-corrected chi connectivity index (χ1v) is 8.58. The van der Waals surface area contributed by atoms with Crippen molar-refractivity contribution in [3.8, 4) is 0 Å². The van der Waals surface area contributed by atoms with Crippen LogP contribution in [-0.2, 0) is 28.4 Å². The fourth-order valence-corrected chi connectivity index (χ4v) is 2.01. The number of pyridine rings is 1. The van der Waals surface area contributed by atoms with Crippen molar-refractivity contribution in [2.24, 2.45) is 0 Å². The Morgan fingerprint density at radius 1 is 0.808 bits per heavy atom. The van der Waals surface area contributed by atoms with Gasteiger partial charge < -0.3 is 28.4 Å². The molecule has 0 aromatic carbocycles. The molecule has 144 valence electrons. The SMILES string of the molecule is O=C(C1=COCCOCCOCCOCCOCCO1)c1cccnc1. The molecule has 1 aromatic heterocycles. The molecule has 0 fully saturated rings. The minimum atomic E-state index is -0.301. The molecule has 0 amide bonds. The van der Waals surface area contributed by atoms with Crippen LogP contribution in [0.3, 0.4) is 0 Å². The topological polar surface area (TPSA) is 85.3 Å². The van der Waals surface area contributed by atoms with Crippen LogP contribution < -0.4 is 0 Å². The van der Waals surface area contributed by atoms with E-state index in [2.05, 4.69) is 4.98 Å². The smallest absolute Gasteiger partial charge is 0.232 e. The van der Waals surface area contributed by atoms with Crippen LogP contribution in [0.2, 0.25) is 0 Å². The molecule has 0 atom stereocenters. The van der Waals surface area contributed by atoms with E-state index in [1.165, 1.54) is 12.5 Å². The first-order valence-electron chi connectivity index (χ1n) is 8.58. The second kappa shape index (κ2) is 13.2. The molecule has 0 radical (unpaired) electrons. The van der Waals surface area contributed by atoms with Crippen molar-refractivity contribution in [3.05, 3.63) is 42.1 Å². The molecule has 2 heterocycles. The van der Waals surface area contributed by atoms with E-state index in [1.807, 2.05) is 0 Å². The Balaban J connectivity index is 1.89. The van der Waals surface area contributed by atoms with Gasteiger partial charge >= 0.3 is 0 Å². The third-order valence-electron chi connectivity index (χ3n) is 3.28. The summed E-state index contributed by atoms with van der Waals surface area (Å²) in [5.74, 6) is -0.201. The maximum absolute atomic E-state index is 12.5. The third kappa shape index (κ3) is 8.39. The van der Waals surface area contributed by atoms with Crippen molar-refractivity contribution < 1.29 is 33.2 Å². The lowest BCUT2D eigenvalue weighted by molar-refractivity contribution is -0.0132. The van der Waals surface area contributed by atoms with Crippen molar-refractivity contribution in [3.63, 3.8) is 0 Å². The quantitative estimate of drug-likeness (QED) is 0.722. The number of hydrogen-bond acceptors (Lipinski definition) is 8. The van der Waals surface area contributed by atoms with Crippen LogP contribution in [0.1, 0.15) is 10.4 Å². The number of ether oxygens (including phenoxy) is 6. The molecular formula is C18H25NO7. The summed E-state index contributed by atoms with van der Waals surface area (Å²) in [7, 11) is 0. The molecule has 1 aliphatic rings. The lowest BCUT2D eigenvalue weighted by Crippen LogP contribution is -2.16. The Bertz CT molecular complexity index is 536. The van der Waals surface area contributed by atoms with Crippen LogP contribution in [-0.4, -0.2) is 76.8 Å². The molecule has 0 saturated heterocycles. The number of Topliss-reactive ketones (excluding diaryl/α,β-unsaturated/α-hetero) is 1. The van der Waals surface area contributed by atoms with Crippen LogP contribution >= 0.6 is 0 Å². The van der Waals surface area contributed by atoms with Gasteiger partial charge in [-0.2, -0.15) is 0 Å². The van der Waals surface area contributed by atoms with E-state index < -0.39 is 0 Å². The van der Waals surface area contributed by atoms with Crippen molar-refractivity contribution in [1.82, 2.24) is 4.98 Å². The zero-order chi connectivity index (χ0) is 18.3. The van der Waals surface area contributed by atoms with Gasteiger partial charge in [0.1, 0.15) is 19.5 Å². The molecule has 0 saturated carbocycles. The van der Waals surface area contributed by atoms with Crippen LogP contribution in [0.4, 0.5) is 0 Å². The predicted octanol–water partition coefficient (Wildman–Crippen LogP) is 1.22. The van der Waals surface area contributed by atoms with Gasteiger partial charge in [0.2, 0.25) is 11.5 Å². The summed E-state index contributed by atoms with van der Waals surface area (Å²) in [4.78, 5) is 16.4. The largest absolute Gasteiger partial charge is 0.495 e. The molecule has 1 aliphatic heterocycles. The fourth-order valence-electron chi connectivity index (χ4n) is 2.01. The van der Waals surface area contributed by atoms with Crippen LogP contribution in [0.25, 0.3) is 0 Å². The van der Waals surface area contributed by atoms with Gasteiger partial charge in [-0.1, -0.05) is 0 Å². The Morgan fingerprint density at radius 2 is 1.38 bits per heavy atom. The average Bonchev–Trinajstić information content (AvgIpc) is 2.68. The summed E-state index contributed by atoms with van der Waals surface area (Å²) in [6.07, 6.45) is 4.39. The maximum atomic E-state index is 12.5. The first-order chi connectivity index (χ1) is 12.9. The van der Waals surface area contributed by atoms with Gasteiger partial charge in [0.15, 0.2) is 0 Å². The van der Waals surface area contributed by atoms with E-state index in [0.29, 0.717) is 65.0 Å². The van der Waals surface area contributed by atoms with E-state index in [-0.39, 0.29) is 18.1 Å². The van der Waals surface area contributed by atoms with Gasteiger partial charge in [-0.3, -0.25) is 9.78 Å². The Kier molecular flexibility index (Phi) is 10.3. The molecule has 0 N–H and O–H groups in total. The Labute approximate surface area is 153 Å². The second-order valence-electron chi connectivity index (χ2n) is 5.22. The van der Waals surface area contributed by atoms with Crippen LogP contribution in [0, 0.1) is 0 Å². The van der Waals surface area contributed by atoms with Crippen molar-refractivity contribution >= 4 is 5.78 Å². The zero-order valence-electron chi connectivity index (χ0n) is 14.8.